The van der Waals surface area contributed by atoms with Crippen LogP contribution in [-0.4, -0.2) is 29.0 Å². The largest absolute Gasteiger partial charge is 0.507 e. The van der Waals surface area contributed by atoms with Gasteiger partial charge in [0.25, 0.3) is 0 Å². The van der Waals surface area contributed by atoms with Crippen molar-refractivity contribution in [2.45, 2.75) is 142 Å². The zero-order valence-corrected chi connectivity index (χ0v) is 31.9. The van der Waals surface area contributed by atoms with Crippen molar-refractivity contribution in [1.82, 2.24) is 0 Å². The highest BCUT2D eigenvalue weighted by molar-refractivity contribution is 8.03. The minimum atomic E-state index is -1.63. The molecule has 0 unspecified atom stereocenters. The standard InChI is InChI=1S/C38H64O2S2Si/c1-11-13-15-43(16-14-12-2,25-41-35-21-31(17-27(3)4)37(39)32(22-35)18-28(5)6)26-42-36-23-33(19-29(7)8)38(40)34(24-36)20-30(9)10/h21-24,27-30,39-40H,11-20,25-26H2,1-10H3. The molecule has 0 fully saturated rings. The Bertz CT molecular complexity index is 960. The smallest absolute Gasteiger partial charge is 0.122 e. The highest BCUT2D eigenvalue weighted by Gasteiger charge is 2.32. The van der Waals surface area contributed by atoms with Crippen LogP contribution in [0.5, 0.6) is 11.5 Å². The monoisotopic (exact) mass is 644 g/mol. The summed E-state index contributed by atoms with van der Waals surface area (Å²) in [5.74, 6) is 3.13. The maximum atomic E-state index is 11.1. The molecule has 2 aromatic carbocycles. The molecule has 0 bridgehead atoms. The maximum absolute atomic E-state index is 11.1. The number of phenolic OH excluding ortho intramolecular Hbond substituents is 2. The average molecular weight is 645 g/mol. The van der Waals surface area contributed by atoms with Crippen molar-refractivity contribution in [2.75, 3.05) is 10.8 Å². The van der Waals surface area contributed by atoms with Gasteiger partial charge in [-0.05, 0) is 107 Å². The molecule has 0 radical (unpaired) electrons. The molecule has 0 spiro atoms. The first-order valence-corrected chi connectivity index (χ1v) is 22.0. The van der Waals surface area contributed by atoms with Crippen LogP contribution < -0.4 is 0 Å². The lowest BCUT2D eigenvalue weighted by Gasteiger charge is -2.32. The van der Waals surface area contributed by atoms with Gasteiger partial charge in [-0.25, -0.2) is 0 Å². The lowest BCUT2D eigenvalue weighted by atomic mass is 9.95. The summed E-state index contributed by atoms with van der Waals surface area (Å²) in [6.07, 6.45) is 8.83. The number of rotatable bonds is 20. The SMILES string of the molecule is CCCC[Si](CCCC)(CSc1cc(CC(C)C)c(O)c(CC(C)C)c1)CSc1cc(CC(C)C)c(O)c(CC(C)C)c1. The zero-order chi connectivity index (χ0) is 32.2. The lowest BCUT2D eigenvalue weighted by Crippen LogP contribution is -2.41. The molecule has 0 aliphatic carbocycles. The molecule has 244 valence electrons. The third-order valence-electron chi connectivity index (χ3n) is 8.21. The fourth-order valence-corrected chi connectivity index (χ4v) is 16.6. The van der Waals surface area contributed by atoms with Crippen molar-refractivity contribution in [3.63, 3.8) is 0 Å². The van der Waals surface area contributed by atoms with Crippen LogP contribution in [0.1, 0.15) is 117 Å². The summed E-state index contributed by atoms with van der Waals surface area (Å²) < 4.78 is 0. The Kier molecular flexibility index (Phi) is 16.7. The third kappa shape index (κ3) is 13.1. The van der Waals surface area contributed by atoms with Crippen molar-refractivity contribution >= 4 is 31.6 Å². The van der Waals surface area contributed by atoms with Gasteiger partial charge in [0.05, 0.1) is 8.07 Å². The normalized spacial score (nSPS) is 12.4. The second-order valence-corrected chi connectivity index (χ2v) is 22.7. The summed E-state index contributed by atoms with van der Waals surface area (Å²) in [6, 6.07) is 12.0. The van der Waals surface area contributed by atoms with Gasteiger partial charge in [0.2, 0.25) is 0 Å². The molecular formula is C38H64O2S2Si. The van der Waals surface area contributed by atoms with Crippen LogP contribution in [0.2, 0.25) is 12.1 Å². The van der Waals surface area contributed by atoms with E-state index in [9.17, 15) is 10.2 Å². The predicted molar refractivity (Wildman–Crippen MR) is 197 cm³/mol. The van der Waals surface area contributed by atoms with Gasteiger partial charge in [0.15, 0.2) is 0 Å². The molecule has 0 atom stereocenters. The molecule has 2 nitrogen and oxygen atoms in total. The van der Waals surface area contributed by atoms with E-state index < -0.39 is 8.07 Å². The number of phenols is 2. The summed E-state index contributed by atoms with van der Waals surface area (Å²) >= 11 is 4.15. The van der Waals surface area contributed by atoms with Crippen LogP contribution in [0, 0.1) is 23.7 Å². The van der Waals surface area contributed by atoms with Gasteiger partial charge >= 0.3 is 0 Å². The van der Waals surface area contributed by atoms with Gasteiger partial charge in [0, 0.05) is 9.79 Å². The van der Waals surface area contributed by atoms with Crippen LogP contribution >= 0.6 is 23.5 Å². The Hall–Kier alpha value is -1.04. The van der Waals surface area contributed by atoms with E-state index in [-0.39, 0.29) is 0 Å². The van der Waals surface area contributed by atoms with Crippen LogP contribution in [-0.2, 0) is 25.7 Å². The maximum Gasteiger partial charge on any atom is 0.122 e. The number of aromatic hydroxyl groups is 2. The van der Waals surface area contributed by atoms with E-state index >= 15 is 0 Å². The molecule has 2 rings (SSSR count). The number of benzene rings is 2. The Morgan fingerprint density at radius 3 is 1.05 bits per heavy atom. The van der Waals surface area contributed by atoms with Crippen molar-refractivity contribution in [3.05, 3.63) is 46.5 Å². The van der Waals surface area contributed by atoms with E-state index in [0.717, 1.165) is 47.9 Å². The van der Waals surface area contributed by atoms with E-state index in [1.165, 1.54) is 58.3 Å². The molecule has 0 saturated heterocycles. The van der Waals surface area contributed by atoms with Gasteiger partial charge in [-0.3, -0.25) is 0 Å². The van der Waals surface area contributed by atoms with Crippen LogP contribution in [0.15, 0.2) is 34.1 Å². The second kappa shape index (κ2) is 18.8. The first kappa shape index (κ1) is 38.1. The Morgan fingerprint density at radius 2 is 0.814 bits per heavy atom. The summed E-state index contributed by atoms with van der Waals surface area (Å²) in [5.41, 5.74) is 4.50. The number of hydrogen-bond donors (Lipinski definition) is 2. The van der Waals surface area contributed by atoms with Crippen LogP contribution in [0.4, 0.5) is 0 Å². The summed E-state index contributed by atoms with van der Waals surface area (Å²) in [6.45, 7) is 22.6. The van der Waals surface area contributed by atoms with Crippen LogP contribution in [0.25, 0.3) is 0 Å². The van der Waals surface area contributed by atoms with Crippen LogP contribution in [0.3, 0.4) is 0 Å². The van der Waals surface area contributed by atoms with E-state index in [1.54, 1.807) is 0 Å². The Labute approximate surface area is 275 Å². The predicted octanol–water partition coefficient (Wildman–Crippen LogP) is 11.9. The number of unbranched alkanes of at least 4 members (excludes halogenated alkanes) is 2. The van der Waals surface area contributed by atoms with Crippen molar-refractivity contribution in [2.24, 2.45) is 23.7 Å². The zero-order valence-electron chi connectivity index (χ0n) is 29.3. The summed E-state index contributed by atoms with van der Waals surface area (Å²) in [7, 11) is -1.63. The lowest BCUT2D eigenvalue weighted by molar-refractivity contribution is 0.449. The van der Waals surface area contributed by atoms with Gasteiger partial charge in [-0.1, -0.05) is 107 Å². The van der Waals surface area contributed by atoms with Gasteiger partial charge in [-0.15, -0.1) is 23.5 Å². The van der Waals surface area contributed by atoms with Crippen molar-refractivity contribution in [3.8, 4) is 11.5 Å². The first-order valence-electron chi connectivity index (χ1n) is 17.2. The molecule has 0 saturated carbocycles. The minimum absolute atomic E-state index is 0.517. The first-order chi connectivity index (χ1) is 20.3. The van der Waals surface area contributed by atoms with Crippen molar-refractivity contribution in [1.29, 1.82) is 0 Å². The molecule has 0 aliphatic rings. The molecule has 43 heavy (non-hydrogen) atoms. The molecule has 2 aromatic rings. The van der Waals surface area contributed by atoms with E-state index in [0.29, 0.717) is 35.2 Å². The third-order valence-corrected chi connectivity index (χ3v) is 18.2. The number of thioether (sulfide) groups is 2. The highest BCUT2D eigenvalue weighted by atomic mass is 32.2. The molecule has 5 heteroatoms. The van der Waals surface area contributed by atoms with E-state index in [4.69, 9.17) is 0 Å². The molecular weight excluding hydrogens is 581 g/mol. The minimum Gasteiger partial charge on any atom is -0.507 e. The van der Waals surface area contributed by atoms with E-state index in [2.05, 4.69) is 117 Å². The average Bonchev–Trinajstić information content (AvgIpc) is 2.91. The van der Waals surface area contributed by atoms with Gasteiger partial charge in [-0.2, -0.15) is 0 Å². The summed E-state index contributed by atoms with van der Waals surface area (Å²) in [5, 5.41) is 24.7. The molecule has 0 heterocycles. The van der Waals surface area contributed by atoms with E-state index in [1.807, 2.05) is 0 Å². The Morgan fingerprint density at radius 1 is 0.535 bits per heavy atom. The second-order valence-electron chi connectivity index (χ2n) is 14.9. The van der Waals surface area contributed by atoms with Crippen molar-refractivity contribution < 1.29 is 10.2 Å². The molecule has 0 amide bonds. The Balaban J connectivity index is 2.44. The van der Waals surface area contributed by atoms with Gasteiger partial charge in [0.1, 0.15) is 11.5 Å². The highest BCUT2D eigenvalue weighted by Crippen LogP contribution is 2.39. The molecule has 2 N–H and O–H groups in total. The van der Waals surface area contributed by atoms with Gasteiger partial charge < -0.3 is 10.2 Å². The summed E-state index contributed by atoms with van der Waals surface area (Å²) in [4.78, 5) is 2.70. The molecule has 0 aliphatic heterocycles. The quantitative estimate of drug-likeness (QED) is 0.111. The fourth-order valence-electron chi connectivity index (χ4n) is 6.04. The molecule has 0 aromatic heterocycles. The fraction of sp³-hybridized carbons (Fsp3) is 0.684. The topological polar surface area (TPSA) is 40.5 Å². The number of hydrogen-bond acceptors (Lipinski definition) is 4.